The van der Waals surface area contributed by atoms with Crippen molar-refractivity contribution >= 4 is 17.8 Å². The summed E-state index contributed by atoms with van der Waals surface area (Å²) in [4.78, 5) is 15.7. The van der Waals surface area contributed by atoms with E-state index in [-0.39, 0.29) is 5.82 Å². The predicted octanol–water partition coefficient (Wildman–Crippen LogP) is 1.63. The van der Waals surface area contributed by atoms with E-state index in [1.54, 1.807) is 6.07 Å². The number of hydrogen-bond donors (Lipinski definition) is 3. The molecule has 10 heteroatoms. The van der Waals surface area contributed by atoms with Gasteiger partial charge in [-0.2, -0.15) is 15.0 Å². The highest BCUT2D eigenvalue weighted by Crippen LogP contribution is 2.19. The van der Waals surface area contributed by atoms with E-state index in [0.29, 0.717) is 63.9 Å². The predicted molar refractivity (Wildman–Crippen MR) is 114 cm³/mol. The summed E-state index contributed by atoms with van der Waals surface area (Å²) in [5.74, 6) is 1.31. The van der Waals surface area contributed by atoms with Gasteiger partial charge in [-0.05, 0) is 30.5 Å². The van der Waals surface area contributed by atoms with E-state index >= 15 is 0 Å². The minimum Gasteiger partial charge on any atom is -0.378 e. The fourth-order valence-corrected chi connectivity index (χ4v) is 3.05. The second kappa shape index (κ2) is 12.2. The molecule has 1 aromatic heterocycles. The van der Waals surface area contributed by atoms with E-state index in [4.69, 9.17) is 15.2 Å². The van der Waals surface area contributed by atoms with Crippen molar-refractivity contribution in [1.29, 1.82) is 0 Å². The van der Waals surface area contributed by atoms with E-state index in [1.165, 1.54) is 12.1 Å². The number of anilines is 3. The Balaban J connectivity index is 1.55. The Bertz CT molecular complexity index is 775. The smallest absolute Gasteiger partial charge is 0.231 e. The van der Waals surface area contributed by atoms with Crippen molar-refractivity contribution in [2.45, 2.75) is 19.4 Å². The first-order chi connectivity index (χ1) is 14.7. The van der Waals surface area contributed by atoms with Crippen LogP contribution in [0.3, 0.4) is 0 Å². The van der Waals surface area contributed by atoms with Gasteiger partial charge in [0.1, 0.15) is 5.82 Å². The van der Waals surface area contributed by atoms with Crippen LogP contribution in [0.5, 0.6) is 0 Å². The van der Waals surface area contributed by atoms with Gasteiger partial charge in [0.25, 0.3) is 0 Å². The number of hydrogen-bond acceptors (Lipinski definition) is 9. The quantitative estimate of drug-likeness (QED) is 0.417. The SMILES string of the molecule is NCCOCCOCCNc1nc(NCc2cccc(F)c2)nc(N2CCCC2)n1. The molecule has 0 radical (unpaired) electrons. The minimum atomic E-state index is -0.265. The maximum Gasteiger partial charge on any atom is 0.231 e. The number of rotatable bonds is 13. The van der Waals surface area contributed by atoms with Crippen LogP contribution in [-0.2, 0) is 16.0 Å². The third-order valence-electron chi connectivity index (χ3n) is 4.52. The second-order valence-corrected chi connectivity index (χ2v) is 6.90. The van der Waals surface area contributed by atoms with Crippen molar-refractivity contribution in [3.63, 3.8) is 0 Å². The summed E-state index contributed by atoms with van der Waals surface area (Å²) >= 11 is 0. The fraction of sp³-hybridized carbons (Fsp3) is 0.550. The summed E-state index contributed by atoms with van der Waals surface area (Å²) < 4.78 is 24.2. The number of halogens is 1. The molecule has 1 aliphatic rings. The van der Waals surface area contributed by atoms with Crippen molar-refractivity contribution in [2.24, 2.45) is 5.73 Å². The standard InChI is InChI=1S/C20H30FN7O2/c21-17-5-3-4-16(14-17)15-24-19-25-18(23-7-11-30-13-12-29-10-6-22)26-20(27-19)28-8-1-2-9-28/h3-5,14H,1-2,6-13,15,22H2,(H2,23,24,25,26,27). The van der Waals surface area contributed by atoms with Gasteiger partial charge in [-0.25, -0.2) is 4.39 Å². The number of nitrogens with zero attached hydrogens (tertiary/aromatic N) is 4. The van der Waals surface area contributed by atoms with Crippen LogP contribution in [0.25, 0.3) is 0 Å². The molecule has 2 heterocycles. The van der Waals surface area contributed by atoms with Crippen molar-refractivity contribution in [3.8, 4) is 0 Å². The second-order valence-electron chi connectivity index (χ2n) is 6.90. The molecule has 9 nitrogen and oxygen atoms in total. The molecule has 1 fully saturated rings. The van der Waals surface area contributed by atoms with E-state index in [2.05, 4.69) is 30.5 Å². The molecule has 0 atom stereocenters. The summed E-state index contributed by atoms with van der Waals surface area (Å²) in [5, 5.41) is 6.35. The van der Waals surface area contributed by atoms with Crippen LogP contribution >= 0.6 is 0 Å². The first kappa shape index (κ1) is 22.1. The molecule has 2 aromatic rings. The molecule has 0 amide bonds. The van der Waals surface area contributed by atoms with Gasteiger partial charge < -0.3 is 30.7 Å². The maximum absolute atomic E-state index is 13.4. The lowest BCUT2D eigenvalue weighted by molar-refractivity contribution is 0.0547. The van der Waals surface area contributed by atoms with E-state index in [1.807, 2.05) is 6.07 Å². The molecular weight excluding hydrogens is 389 g/mol. The van der Waals surface area contributed by atoms with Gasteiger partial charge in [0, 0.05) is 32.7 Å². The molecular formula is C20H30FN7O2. The van der Waals surface area contributed by atoms with Gasteiger partial charge in [-0.3, -0.25) is 0 Å². The summed E-state index contributed by atoms with van der Waals surface area (Å²) in [6, 6.07) is 6.45. The Morgan fingerprint density at radius 3 is 2.43 bits per heavy atom. The lowest BCUT2D eigenvalue weighted by atomic mass is 10.2. The van der Waals surface area contributed by atoms with Gasteiger partial charge in [-0.1, -0.05) is 12.1 Å². The molecule has 1 aliphatic heterocycles. The monoisotopic (exact) mass is 419 g/mol. The largest absolute Gasteiger partial charge is 0.378 e. The molecule has 0 unspecified atom stereocenters. The summed E-state index contributed by atoms with van der Waals surface area (Å²) in [6.45, 7) is 5.43. The number of ether oxygens (including phenoxy) is 2. The maximum atomic E-state index is 13.4. The number of aromatic nitrogens is 3. The van der Waals surface area contributed by atoms with E-state index < -0.39 is 0 Å². The van der Waals surface area contributed by atoms with Crippen molar-refractivity contribution < 1.29 is 13.9 Å². The topological polar surface area (TPSA) is 110 Å². The normalized spacial score (nSPS) is 13.6. The third-order valence-corrected chi connectivity index (χ3v) is 4.52. The Hall–Kier alpha value is -2.56. The first-order valence-electron chi connectivity index (χ1n) is 10.3. The molecule has 3 rings (SSSR count). The van der Waals surface area contributed by atoms with Crippen LogP contribution in [0.2, 0.25) is 0 Å². The van der Waals surface area contributed by atoms with Crippen LogP contribution in [-0.4, -0.2) is 67.6 Å². The molecule has 164 valence electrons. The molecule has 4 N–H and O–H groups in total. The summed E-state index contributed by atoms with van der Waals surface area (Å²) in [6.07, 6.45) is 2.25. The van der Waals surface area contributed by atoms with Crippen LogP contribution in [0.4, 0.5) is 22.2 Å². The summed E-state index contributed by atoms with van der Waals surface area (Å²) in [5.41, 5.74) is 6.18. The number of nitrogens with two attached hydrogens (primary N) is 1. The van der Waals surface area contributed by atoms with Gasteiger partial charge in [0.2, 0.25) is 17.8 Å². The fourth-order valence-electron chi connectivity index (χ4n) is 3.05. The van der Waals surface area contributed by atoms with Gasteiger partial charge >= 0.3 is 0 Å². The Morgan fingerprint density at radius 1 is 0.967 bits per heavy atom. The highest BCUT2D eigenvalue weighted by molar-refractivity contribution is 5.44. The first-order valence-corrected chi connectivity index (χ1v) is 10.3. The van der Waals surface area contributed by atoms with Crippen molar-refractivity contribution in [3.05, 3.63) is 35.6 Å². The Kier molecular flexibility index (Phi) is 9.01. The average molecular weight is 420 g/mol. The van der Waals surface area contributed by atoms with Gasteiger partial charge in [-0.15, -0.1) is 0 Å². The van der Waals surface area contributed by atoms with Crippen LogP contribution in [0.15, 0.2) is 24.3 Å². The van der Waals surface area contributed by atoms with Crippen LogP contribution in [0, 0.1) is 5.82 Å². The lowest BCUT2D eigenvalue weighted by Crippen LogP contribution is -2.23. The third kappa shape index (κ3) is 7.36. The molecule has 0 saturated carbocycles. The molecule has 1 aromatic carbocycles. The molecule has 0 spiro atoms. The molecule has 0 bridgehead atoms. The highest BCUT2D eigenvalue weighted by Gasteiger charge is 2.17. The van der Waals surface area contributed by atoms with Crippen molar-refractivity contribution in [2.75, 3.05) is 68.1 Å². The van der Waals surface area contributed by atoms with E-state index in [0.717, 1.165) is 31.5 Å². The number of nitrogens with one attached hydrogen (secondary N) is 2. The van der Waals surface area contributed by atoms with Gasteiger partial charge in [0.15, 0.2) is 0 Å². The average Bonchev–Trinajstić information content (AvgIpc) is 3.29. The van der Waals surface area contributed by atoms with Crippen LogP contribution in [0.1, 0.15) is 18.4 Å². The zero-order valence-electron chi connectivity index (χ0n) is 17.1. The van der Waals surface area contributed by atoms with Gasteiger partial charge in [0.05, 0.1) is 26.4 Å². The zero-order valence-corrected chi connectivity index (χ0v) is 17.1. The van der Waals surface area contributed by atoms with E-state index in [9.17, 15) is 4.39 Å². The minimum absolute atomic E-state index is 0.265. The van der Waals surface area contributed by atoms with Crippen molar-refractivity contribution in [1.82, 2.24) is 15.0 Å². The summed E-state index contributed by atoms with van der Waals surface area (Å²) in [7, 11) is 0. The van der Waals surface area contributed by atoms with Crippen LogP contribution < -0.4 is 21.3 Å². The molecule has 0 aliphatic carbocycles. The lowest BCUT2D eigenvalue weighted by Gasteiger charge is -2.17. The molecule has 30 heavy (non-hydrogen) atoms. The molecule has 1 saturated heterocycles. The Morgan fingerprint density at radius 2 is 1.70 bits per heavy atom. The zero-order chi connectivity index (χ0) is 21.0. The highest BCUT2D eigenvalue weighted by atomic mass is 19.1. The Labute approximate surface area is 176 Å². The number of benzene rings is 1.